The average molecular weight is 325 g/mol. The Morgan fingerprint density at radius 1 is 1.24 bits per heavy atom. The first-order chi connectivity index (χ1) is 9.61. The van der Waals surface area contributed by atoms with Crippen LogP contribution >= 0.6 is 23.7 Å². The maximum Gasteiger partial charge on any atom is 0.262 e. The summed E-state index contributed by atoms with van der Waals surface area (Å²) in [4.78, 5) is 13.0. The van der Waals surface area contributed by atoms with E-state index in [-0.39, 0.29) is 24.4 Å². The molecule has 1 unspecified atom stereocenters. The number of thiophene rings is 1. The van der Waals surface area contributed by atoms with Gasteiger partial charge in [0.25, 0.3) is 5.91 Å². The Morgan fingerprint density at radius 3 is 2.52 bits per heavy atom. The fraction of sp³-hybridized carbons (Fsp3) is 0.312. The largest absolute Gasteiger partial charge is 0.350 e. The van der Waals surface area contributed by atoms with E-state index in [1.807, 2.05) is 25.4 Å². The topological polar surface area (TPSA) is 41.1 Å². The van der Waals surface area contributed by atoms with Crippen LogP contribution in [0.1, 0.15) is 22.2 Å². The van der Waals surface area contributed by atoms with Crippen LogP contribution in [0.4, 0.5) is 0 Å². The summed E-state index contributed by atoms with van der Waals surface area (Å²) in [5, 5.41) is 8.04. The van der Waals surface area contributed by atoms with Crippen molar-refractivity contribution in [2.24, 2.45) is 0 Å². The molecule has 1 atom stereocenters. The Balaban J connectivity index is 0.00000220. The zero-order chi connectivity index (χ0) is 14.5. The number of carbonyl (C=O) groups is 1. The first-order valence-corrected chi connectivity index (χ1v) is 7.59. The number of nitrogens with one attached hydrogen (secondary N) is 2. The Hall–Kier alpha value is -1.36. The van der Waals surface area contributed by atoms with Gasteiger partial charge in [-0.2, -0.15) is 0 Å². The molecule has 21 heavy (non-hydrogen) atoms. The van der Waals surface area contributed by atoms with Crippen molar-refractivity contribution in [2.45, 2.75) is 19.9 Å². The van der Waals surface area contributed by atoms with E-state index in [1.54, 1.807) is 0 Å². The van der Waals surface area contributed by atoms with Crippen LogP contribution in [-0.4, -0.2) is 25.5 Å². The number of carbonyl (C=O) groups excluding carboxylic acids is 1. The summed E-state index contributed by atoms with van der Waals surface area (Å²) < 4.78 is 0. The third-order valence-corrected chi connectivity index (χ3v) is 4.21. The molecule has 2 rings (SSSR count). The van der Waals surface area contributed by atoms with E-state index < -0.39 is 0 Å². The fourth-order valence-corrected chi connectivity index (χ4v) is 2.71. The zero-order valence-corrected chi connectivity index (χ0v) is 14.1. The van der Waals surface area contributed by atoms with Gasteiger partial charge in [-0.05, 0) is 37.9 Å². The van der Waals surface area contributed by atoms with Gasteiger partial charge in [-0.25, -0.2) is 0 Å². The number of halogens is 1. The lowest BCUT2D eigenvalue weighted by molar-refractivity contribution is 0.0955. The van der Waals surface area contributed by atoms with Crippen molar-refractivity contribution in [3.05, 3.63) is 46.2 Å². The summed E-state index contributed by atoms with van der Waals surface area (Å²) in [7, 11) is 1.89. The van der Waals surface area contributed by atoms with Gasteiger partial charge in [0.15, 0.2) is 0 Å². The van der Waals surface area contributed by atoms with E-state index in [2.05, 4.69) is 41.8 Å². The molecule has 0 fully saturated rings. The van der Waals surface area contributed by atoms with Gasteiger partial charge in [0.1, 0.15) is 0 Å². The Bertz CT molecular complexity index is 580. The van der Waals surface area contributed by atoms with Gasteiger partial charge in [0, 0.05) is 18.2 Å². The molecule has 114 valence electrons. The average Bonchev–Trinajstić information content (AvgIpc) is 2.94. The molecule has 1 heterocycles. The first-order valence-electron chi connectivity index (χ1n) is 6.72. The summed E-state index contributed by atoms with van der Waals surface area (Å²) >= 11 is 1.48. The van der Waals surface area contributed by atoms with Crippen molar-refractivity contribution in [1.82, 2.24) is 10.6 Å². The van der Waals surface area contributed by atoms with Crippen LogP contribution in [-0.2, 0) is 0 Å². The molecule has 2 aromatic rings. The molecule has 0 aliphatic carbocycles. The normalized spacial score (nSPS) is 11.6. The highest BCUT2D eigenvalue weighted by molar-refractivity contribution is 7.12. The van der Waals surface area contributed by atoms with Gasteiger partial charge in [-0.3, -0.25) is 4.79 Å². The van der Waals surface area contributed by atoms with Crippen LogP contribution in [0.3, 0.4) is 0 Å². The molecule has 0 aliphatic rings. The zero-order valence-electron chi connectivity index (χ0n) is 12.5. The standard InChI is InChI=1S/C16H20N2OS.ClH/c1-11-4-6-13(7-5-11)14-8-9-20-15(14)16(19)18-10-12(2)17-3;/h4-9,12,17H,10H2,1-3H3,(H,18,19);1H. The van der Waals surface area contributed by atoms with Crippen LogP contribution in [0.2, 0.25) is 0 Å². The van der Waals surface area contributed by atoms with E-state index in [0.29, 0.717) is 6.54 Å². The second kappa shape index (κ2) is 8.17. The molecule has 0 saturated heterocycles. The maximum atomic E-state index is 12.3. The number of aryl methyl sites for hydroxylation is 1. The Morgan fingerprint density at radius 2 is 1.90 bits per heavy atom. The molecule has 2 N–H and O–H groups in total. The minimum atomic E-state index is -0.00215. The van der Waals surface area contributed by atoms with Gasteiger partial charge in [-0.15, -0.1) is 23.7 Å². The summed E-state index contributed by atoms with van der Waals surface area (Å²) in [5.41, 5.74) is 3.31. The number of benzene rings is 1. The highest BCUT2D eigenvalue weighted by Gasteiger charge is 2.14. The highest BCUT2D eigenvalue weighted by atomic mass is 35.5. The smallest absolute Gasteiger partial charge is 0.262 e. The van der Waals surface area contributed by atoms with Gasteiger partial charge in [0.05, 0.1) is 4.88 Å². The lowest BCUT2D eigenvalue weighted by Gasteiger charge is -2.11. The molecule has 5 heteroatoms. The molecular weight excluding hydrogens is 304 g/mol. The van der Waals surface area contributed by atoms with Gasteiger partial charge < -0.3 is 10.6 Å². The van der Waals surface area contributed by atoms with Gasteiger partial charge in [-0.1, -0.05) is 29.8 Å². The molecule has 0 aliphatic heterocycles. The number of likely N-dealkylation sites (N-methyl/N-ethyl adjacent to an activating group) is 1. The third-order valence-electron chi connectivity index (χ3n) is 3.30. The van der Waals surface area contributed by atoms with Crippen molar-refractivity contribution in [3.63, 3.8) is 0 Å². The molecule has 1 aromatic heterocycles. The van der Waals surface area contributed by atoms with Crippen LogP contribution < -0.4 is 10.6 Å². The van der Waals surface area contributed by atoms with Gasteiger partial charge >= 0.3 is 0 Å². The molecule has 0 saturated carbocycles. The molecular formula is C16H21ClN2OS. The fourth-order valence-electron chi connectivity index (χ4n) is 1.87. The van der Waals surface area contributed by atoms with Crippen molar-refractivity contribution in [3.8, 4) is 11.1 Å². The number of hydrogen-bond acceptors (Lipinski definition) is 3. The minimum Gasteiger partial charge on any atom is -0.350 e. The van der Waals surface area contributed by atoms with Crippen molar-refractivity contribution in [1.29, 1.82) is 0 Å². The minimum absolute atomic E-state index is 0. The van der Waals surface area contributed by atoms with Crippen LogP contribution in [0.5, 0.6) is 0 Å². The first kappa shape index (κ1) is 17.7. The summed E-state index contributed by atoms with van der Waals surface area (Å²) in [6, 6.07) is 10.5. The summed E-state index contributed by atoms with van der Waals surface area (Å²) in [5.74, 6) is -0.00215. The third kappa shape index (κ3) is 4.56. The summed E-state index contributed by atoms with van der Waals surface area (Å²) in [6.07, 6.45) is 0. The quantitative estimate of drug-likeness (QED) is 0.884. The maximum absolute atomic E-state index is 12.3. The second-order valence-corrected chi connectivity index (χ2v) is 5.85. The molecule has 0 bridgehead atoms. The van der Waals surface area contributed by atoms with E-state index in [9.17, 15) is 4.79 Å². The Labute approximate surface area is 136 Å². The summed E-state index contributed by atoms with van der Waals surface area (Å²) in [6.45, 7) is 4.72. The van der Waals surface area contributed by atoms with E-state index in [0.717, 1.165) is 16.0 Å². The number of amides is 1. The highest BCUT2D eigenvalue weighted by Crippen LogP contribution is 2.28. The molecule has 1 aromatic carbocycles. The molecule has 0 spiro atoms. The molecule has 1 amide bonds. The lowest BCUT2D eigenvalue weighted by Crippen LogP contribution is -2.37. The lowest BCUT2D eigenvalue weighted by atomic mass is 10.0. The number of rotatable bonds is 5. The van der Waals surface area contributed by atoms with Crippen LogP contribution in [0, 0.1) is 6.92 Å². The van der Waals surface area contributed by atoms with Crippen LogP contribution in [0.15, 0.2) is 35.7 Å². The molecule has 0 radical (unpaired) electrons. The monoisotopic (exact) mass is 324 g/mol. The van der Waals surface area contributed by atoms with Crippen molar-refractivity contribution in [2.75, 3.05) is 13.6 Å². The van der Waals surface area contributed by atoms with Gasteiger partial charge in [0.2, 0.25) is 0 Å². The van der Waals surface area contributed by atoms with E-state index in [4.69, 9.17) is 0 Å². The number of hydrogen-bond donors (Lipinski definition) is 2. The van der Waals surface area contributed by atoms with Crippen LogP contribution in [0.25, 0.3) is 11.1 Å². The second-order valence-electron chi connectivity index (χ2n) is 4.93. The van der Waals surface area contributed by atoms with Crippen molar-refractivity contribution < 1.29 is 4.79 Å². The van der Waals surface area contributed by atoms with E-state index in [1.165, 1.54) is 16.9 Å². The Kier molecular flexibility index (Phi) is 6.89. The predicted octanol–water partition coefficient (Wildman–Crippen LogP) is 3.48. The van der Waals surface area contributed by atoms with Crippen molar-refractivity contribution >= 4 is 29.7 Å². The SMILES string of the molecule is CNC(C)CNC(=O)c1sccc1-c1ccc(C)cc1.Cl. The predicted molar refractivity (Wildman–Crippen MR) is 92.6 cm³/mol. The van der Waals surface area contributed by atoms with E-state index >= 15 is 0 Å². The molecule has 3 nitrogen and oxygen atoms in total.